The molecule has 110 valence electrons. The number of aryl methyl sites for hydroxylation is 1. The number of ether oxygens (including phenoxy) is 2. The van der Waals surface area contributed by atoms with Crippen molar-refractivity contribution < 1.29 is 9.47 Å². The molecule has 0 radical (unpaired) electrons. The van der Waals surface area contributed by atoms with Crippen molar-refractivity contribution in [2.24, 2.45) is 7.05 Å². The van der Waals surface area contributed by atoms with Gasteiger partial charge in [0.2, 0.25) is 6.79 Å². The Bertz CT molecular complexity index is 861. The molecule has 4 rings (SSSR count). The van der Waals surface area contributed by atoms with Gasteiger partial charge in [-0.25, -0.2) is 0 Å². The summed E-state index contributed by atoms with van der Waals surface area (Å²) in [4.78, 5) is 0. The third-order valence-electron chi connectivity index (χ3n) is 4.06. The molecule has 0 atom stereocenters. The molecule has 0 unspecified atom stereocenters. The van der Waals surface area contributed by atoms with Gasteiger partial charge in [-0.2, -0.15) is 0 Å². The lowest BCUT2D eigenvalue weighted by Gasteiger charge is -2.02. The van der Waals surface area contributed by atoms with Crippen LogP contribution in [0.5, 0.6) is 11.5 Å². The van der Waals surface area contributed by atoms with E-state index in [1.807, 2.05) is 18.2 Å². The number of fused-ring (bicyclic) bond motifs is 2. The monoisotopic (exact) mass is 291 g/mol. The predicted molar refractivity (Wildman–Crippen MR) is 88.2 cm³/mol. The van der Waals surface area contributed by atoms with Gasteiger partial charge in [-0.15, -0.1) is 0 Å². The van der Waals surface area contributed by atoms with Crippen LogP contribution < -0.4 is 9.47 Å². The van der Waals surface area contributed by atoms with Gasteiger partial charge in [0.1, 0.15) is 0 Å². The van der Waals surface area contributed by atoms with Gasteiger partial charge in [0, 0.05) is 24.1 Å². The molecule has 3 nitrogen and oxygen atoms in total. The van der Waals surface area contributed by atoms with Crippen molar-refractivity contribution in [2.45, 2.75) is 6.42 Å². The first-order chi connectivity index (χ1) is 10.8. The molecule has 3 heteroatoms. The maximum atomic E-state index is 5.41. The molecule has 0 amide bonds. The van der Waals surface area contributed by atoms with E-state index >= 15 is 0 Å². The van der Waals surface area contributed by atoms with Crippen molar-refractivity contribution in [2.75, 3.05) is 6.79 Å². The van der Waals surface area contributed by atoms with E-state index in [0.717, 1.165) is 23.5 Å². The number of hydrogen-bond donors (Lipinski definition) is 0. The van der Waals surface area contributed by atoms with Gasteiger partial charge in [0.25, 0.3) is 0 Å². The van der Waals surface area contributed by atoms with Crippen LogP contribution in [0.1, 0.15) is 11.1 Å². The van der Waals surface area contributed by atoms with Crippen molar-refractivity contribution in [1.82, 2.24) is 4.57 Å². The van der Waals surface area contributed by atoms with Crippen LogP contribution in [-0.2, 0) is 13.5 Å². The van der Waals surface area contributed by atoms with E-state index in [-0.39, 0.29) is 0 Å². The van der Waals surface area contributed by atoms with Gasteiger partial charge in [0.15, 0.2) is 11.5 Å². The Balaban J connectivity index is 1.56. The number of nitrogens with zero attached hydrogens (tertiary/aromatic N) is 1. The van der Waals surface area contributed by atoms with E-state index in [9.17, 15) is 0 Å². The van der Waals surface area contributed by atoms with Gasteiger partial charge in [-0.05, 0) is 41.8 Å². The number of benzene rings is 2. The van der Waals surface area contributed by atoms with Crippen molar-refractivity contribution in [1.29, 1.82) is 0 Å². The first kappa shape index (κ1) is 13.0. The lowest BCUT2D eigenvalue weighted by atomic mass is 10.1. The zero-order valence-electron chi connectivity index (χ0n) is 12.5. The van der Waals surface area contributed by atoms with Crippen LogP contribution in [0.2, 0.25) is 0 Å². The van der Waals surface area contributed by atoms with E-state index in [1.165, 1.54) is 16.5 Å². The summed E-state index contributed by atoms with van der Waals surface area (Å²) in [5.74, 6) is 1.65. The molecule has 22 heavy (non-hydrogen) atoms. The number of hydrogen-bond acceptors (Lipinski definition) is 2. The van der Waals surface area contributed by atoms with Gasteiger partial charge < -0.3 is 14.0 Å². The molecule has 2 heterocycles. The minimum absolute atomic E-state index is 0.318. The third kappa shape index (κ3) is 2.25. The molecule has 3 aromatic rings. The Morgan fingerprint density at radius 1 is 1.09 bits per heavy atom. The van der Waals surface area contributed by atoms with Crippen molar-refractivity contribution in [3.05, 3.63) is 65.9 Å². The minimum Gasteiger partial charge on any atom is -0.454 e. The fraction of sp³-hybridized carbons (Fsp3) is 0.158. The second-order valence-corrected chi connectivity index (χ2v) is 5.50. The Kier molecular flexibility index (Phi) is 3.11. The summed E-state index contributed by atoms with van der Waals surface area (Å²) in [6, 6.07) is 14.7. The van der Waals surface area contributed by atoms with Crippen LogP contribution in [0.15, 0.2) is 54.7 Å². The second kappa shape index (κ2) is 5.26. The molecule has 0 N–H and O–H groups in total. The molecule has 0 saturated heterocycles. The molecular weight excluding hydrogens is 274 g/mol. The Morgan fingerprint density at radius 3 is 2.95 bits per heavy atom. The highest BCUT2D eigenvalue weighted by molar-refractivity contribution is 5.83. The number of rotatable bonds is 3. The lowest BCUT2D eigenvalue weighted by molar-refractivity contribution is 0.174. The van der Waals surface area contributed by atoms with Crippen LogP contribution in [0.4, 0.5) is 0 Å². The van der Waals surface area contributed by atoms with Crippen molar-refractivity contribution in [3.63, 3.8) is 0 Å². The lowest BCUT2D eigenvalue weighted by Crippen LogP contribution is -1.92. The SMILES string of the molecule is Cn1ccc2c(C/C=C/c3ccc4c(c3)OCO4)cccc21. The fourth-order valence-electron chi connectivity index (χ4n) is 2.88. The average Bonchev–Trinajstić information content (AvgIpc) is 3.14. The Labute approximate surface area is 129 Å². The summed E-state index contributed by atoms with van der Waals surface area (Å²) in [7, 11) is 2.08. The highest BCUT2D eigenvalue weighted by Crippen LogP contribution is 2.32. The predicted octanol–water partition coefficient (Wildman–Crippen LogP) is 4.16. The molecule has 0 aliphatic carbocycles. The molecule has 1 aliphatic heterocycles. The first-order valence-corrected chi connectivity index (χ1v) is 7.40. The molecular formula is C19H17NO2. The molecule has 1 aliphatic rings. The summed E-state index contributed by atoms with van der Waals surface area (Å²) in [5, 5.41) is 1.32. The summed E-state index contributed by atoms with van der Waals surface area (Å²) < 4.78 is 12.9. The number of allylic oxidation sites excluding steroid dienone is 1. The molecule has 0 spiro atoms. The van der Waals surface area contributed by atoms with Gasteiger partial charge in [0.05, 0.1) is 0 Å². The topological polar surface area (TPSA) is 23.4 Å². The van der Waals surface area contributed by atoms with Crippen molar-refractivity contribution >= 4 is 17.0 Å². The third-order valence-corrected chi connectivity index (χ3v) is 4.06. The van der Waals surface area contributed by atoms with Gasteiger partial charge in [-0.1, -0.05) is 30.4 Å². The van der Waals surface area contributed by atoms with Gasteiger partial charge >= 0.3 is 0 Å². The van der Waals surface area contributed by atoms with Crippen LogP contribution in [0.3, 0.4) is 0 Å². The van der Waals surface area contributed by atoms with E-state index in [0.29, 0.717) is 6.79 Å². The van der Waals surface area contributed by atoms with Crippen LogP contribution in [0.25, 0.3) is 17.0 Å². The van der Waals surface area contributed by atoms with E-state index in [4.69, 9.17) is 9.47 Å². The van der Waals surface area contributed by atoms with E-state index < -0.39 is 0 Å². The first-order valence-electron chi connectivity index (χ1n) is 7.40. The summed E-state index contributed by atoms with van der Waals surface area (Å²) >= 11 is 0. The number of aromatic nitrogens is 1. The molecule has 0 saturated carbocycles. The molecule has 1 aromatic heterocycles. The smallest absolute Gasteiger partial charge is 0.231 e. The zero-order valence-corrected chi connectivity index (χ0v) is 12.5. The van der Waals surface area contributed by atoms with Crippen LogP contribution in [0, 0.1) is 0 Å². The largest absolute Gasteiger partial charge is 0.454 e. The highest BCUT2D eigenvalue weighted by Gasteiger charge is 2.12. The zero-order chi connectivity index (χ0) is 14.9. The quantitative estimate of drug-likeness (QED) is 0.723. The standard InChI is InChI=1S/C19H17NO2/c1-20-11-10-16-15(6-3-7-17(16)20)5-2-4-14-8-9-18-19(12-14)22-13-21-18/h2-4,6-12H,5,13H2,1H3/b4-2+. The fourth-order valence-corrected chi connectivity index (χ4v) is 2.88. The summed E-state index contributed by atoms with van der Waals surface area (Å²) in [5.41, 5.74) is 3.74. The molecule has 2 aromatic carbocycles. The maximum Gasteiger partial charge on any atom is 0.231 e. The summed E-state index contributed by atoms with van der Waals surface area (Å²) in [6.45, 7) is 0.318. The van der Waals surface area contributed by atoms with E-state index in [1.54, 1.807) is 0 Å². The van der Waals surface area contributed by atoms with Crippen molar-refractivity contribution in [3.8, 4) is 11.5 Å². The normalized spacial score (nSPS) is 13.3. The maximum absolute atomic E-state index is 5.41. The van der Waals surface area contributed by atoms with Crippen LogP contribution in [-0.4, -0.2) is 11.4 Å². The Hall–Kier alpha value is -2.68. The average molecular weight is 291 g/mol. The minimum atomic E-state index is 0.318. The Morgan fingerprint density at radius 2 is 2.00 bits per heavy atom. The van der Waals surface area contributed by atoms with Gasteiger partial charge in [-0.3, -0.25) is 0 Å². The summed E-state index contributed by atoms with van der Waals surface area (Å²) in [6.07, 6.45) is 7.34. The molecule has 0 bridgehead atoms. The van der Waals surface area contributed by atoms with E-state index in [2.05, 4.69) is 54.2 Å². The highest BCUT2D eigenvalue weighted by atomic mass is 16.7. The van der Waals surface area contributed by atoms with Crippen LogP contribution >= 0.6 is 0 Å². The molecule has 0 fully saturated rings. The second-order valence-electron chi connectivity index (χ2n) is 5.50.